The predicted octanol–water partition coefficient (Wildman–Crippen LogP) is 3.27. The average molecular weight is 354 g/mol. The summed E-state index contributed by atoms with van der Waals surface area (Å²) < 4.78 is 10.0. The van der Waals surface area contributed by atoms with E-state index < -0.39 is 23.8 Å². The Bertz CT molecular complexity index is 413. The third-order valence-corrected chi connectivity index (χ3v) is 3.87. The van der Waals surface area contributed by atoms with Crippen LogP contribution in [0.3, 0.4) is 0 Å². The van der Waals surface area contributed by atoms with E-state index in [4.69, 9.17) is 9.47 Å². The number of unbranched alkanes of at least 4 members (excludes halogenated alkanes) is 2. The normalized spacial score (nSPS) is 11.8. The van der Waals surface area contributed by atoms with Crippen molar-refractivity contribution in [2.24, 2.45) is 11.8 Å². The van der Waals surface area contributed by atoms with Gasteiger partial charge in [0.1, 0.15) is 0 Å². The van der Waals surface area contributed by atoms with Crippen LogP contribution in [0.15, 0.2) is 0 Å². The molecule has 0 saturated carbocycles. The zero-order valence-corrected chi connectivity index (χ0v) is 16.6. The third kappa shape index (κ3) is 10.1. The molecule has 0 N–H and O–H groups in total. The van der Waals surface area contributed by atoms with E-state index in [9.17, 15) is 9.59 Å². The topological polar surface area (TPSA) is 55.8 Å². The van der Waals surface area contributed by atoms with Gasteiger partial charge in [-0.3, -0.25) is 14.5 Å². The summed E-state index contributed by atoms with van der Waals surface area (Å²) in [5, 5.41) is 0. The van der Waals surface area contributed by atoms with E-state index in [1.165, 1.54) is 0 Å². The number of hydrogen-bond acceptors (Lipinski definition) is 5. The van der Waals surface area contributed by atoms with Crippen molar-refractivity contribution in [1.29, 1.82) is 0 Å². The second-order valence-corrected chi connectivity index (χ2v) is 6.07. The molecule has 0 heterocycles. The summed E-state index contributed by atoms with van der Waals surface area (Å²) in [5.74, 6) is 3.66. The quantitative estimate of drug-likeness (QED) is 0.306. The minimum Gasteiger partial charge on any atom is -0.465 e. The molecule has 0 aromatic carbocycles. The van der Waals surface area contributed by atoms with Crippen LogP contribution in [-0.4, -0.2) is 49.7 Å². The first kappa shape index (κ1) is 23.5. The van der Waals surface area contributed by atoms with Crippen LogP contribution in [0, 0.1) is 23.7 Å². The first-order chi connectivity index (χ1) is 12.0. The number of carbonyl (C=O) groups is 2. The van der Waals surface area contributed by atoms with E-state index in [2.05, 4.69) is 30.6 Å². The lowest BCUT2D eigenvalue weighted by Gasteiger charge is -2.19. The highest BCUT2D eigenvalue weighted by molar-refractivity contribution is 5.95. The second-order valence-electron chi connectivity index (χ2n) is 6.07. The molecule has 0 aromatic heterocycles. The molecule has 5 heteroatoms. The first-order valence-corrected chi connectivity index (χ1v) is 9.55. The molecule has 144 valence electrons. The standard InChI is InChI=1S/C20H35NO4/c1-6-10-14-21(15-11-7-2)16-12-13-17(5)18(19(22)24-8-3)20(23)25-9-4/h17-18H,6-11,14-16H2,1-5H3/t17-/m1/s1. The molecule has 0 bridgehead atoms. The minimum atomic E-state index is -0.980. The van der Waals surface area contributed by atoms with E-state index in [-0.39, 0.29) is 13.2 Å². The summed E-state index contributed by atoms with van der Waals surface area (Å²) in [7, 11) is 0. The summed E-state index contributed by atoms with van der Waals surface area (Å²) in [6, 6.07) is 0. The SMILES string of the molecule is CCCCN(CC#C[C@@H](C)C(C(=O)OCC)C(=O)OCC)CCCC. The molecule has 0 fully saturated rings. The van der Waals surface area contributed by atoms with E-state index in [0.29, 0.717) is 6.54 Å². The Morgan fingerprint density at radius 2 is 1.40 bits per heavy atom. The number of nitrogens with zero attached hydrogens (tertiary/aromatic N) is 1. The fourth-order valence-electron chi connectivity index (χ4n) is 2.40. The monoisotopic (exact) mass is 353 g/mol. The number of rotatable bonds is 12. The molecule has 5 nitrogen and oxygen atoms in total. The van der Waals surface area contributed by atoms with Crippen LogP contribution in [0.1, 0.15) is 60.3 Å². The van der Waals surface area contributed by atoms with Crippen molar-refractivity contribution in [3.8, 4) is 11.8 Å². The van der Waals surface area contributed by atoms with Crippen molar-refractivity contribution in [1.82, 2.24) is 4.90 Å². The lowest BCUT2D eigenvalue weighted by molar-refractivity contribution is -0.163. The van der Waals surface area contributed by atoms with Gasteiger partial charge in [-0.25, -0.2) is 0 Å². The summed E-state index contributed by atoms with van der Waals surface area (Å²) in [6.45, 7) is 12.7. The van der Waals surface area contributed by atoms with Crippen molar-refractivity contribution >= 4 is 11.9 Å². The molecule has 0 saturated heterocycles. The summed E-state index contributed by atoms with van der Waals surface area (Å²) in [6.07, 6.45) is 4.60. The smallest absolute Gasteiger partial charge is 0.321 e. The molecule has 0 aliphatic carbocycles. The van der Waals surface area contributed by atoms with Crippen LogP contribution in [0.2, 0.25) is 0 Å². The van der Waals surface area contributed by atoms with Crippen molar-refractivity contribution < 1.29 is 19.1 Å². The van der Waals surface area contributed by atoms with Crippen molar-refractivity contribution in [2.45, 2.75) is 60.3 Å². The first-order valence-electron chi connectivity index (χ1n) is 9.55. The van der Waals surface area contributed by atoms with Gasteiger partial charge in [-0.1, -0.05) is 38.5 Å². The number of ether oxygens (including phenoxy) is 2. The van der Waals surface area contributed by atoms with Crippen LogP contribution in [0.4, 0.5) is 0 Å². The van der Waals surface area contributed by atoms with E-state index in [0.717, 1.165) is 38.8 Å². The Kier molecular flexibility index (Phi) is 13.9. The molecule has 0 radical (unpaired) electrons. The molecule has 25 heavy (non-hydrogen) atoms. The Hall–Kier alpha value is -1.54. The highest BCUT2D eigenvalue weighted by Gasteiger charge is 2.34. The van der Waals surface area contributed by atoms with Gasteiger partial charge < -0.3 is 9.47 Å². The van der Waals surface area contributed by atoms with Gasteiger partial charge in [0.25, 0.3) is 0 Å². The summed E-state index contributed by atoms with van der Waals surface area (Å²) in [4.78, 5) is 26.5. The van der Waals surface area contributed by atoms with Gasteiger partial charge in [0, 0.05) is 5.92 Å². The van der Waals surface area contributed by atoms with Crippen LogP contribution in [0.5, 0.6) is 0 Å². The highest BCUT2D eigenvalue weighted by atomic mass is 16.6. The Balaban J connectivity index is 4.89. The van der Waals surface area contributed by atoms with Crippen molar-refractivity contribution in [3.63, 3.8) is 0 Å². The molecule has 0 spiro atoms. The maximum Gasteiger partial charge on any atom is 0.321 e. The molecule has 0 amide bonds. The zero-order chi connectivity index (χ0) is 19.1. The van der Waals surface area contributed by atoms with Gasteiger partial charge in [0.15, 0.2) is 5.92 Å². The summed E-state index contributed by atoms with van der Waals surface area (Å²) in [5.41, 5.74) is 0. The van der Waals surface area contributed by atoms with E-state index in [1.54, 1.807) is 20.8 Å². The maximum absolute atomic E-state index is 12.1. The van der Waals surface area contributed by atoms with Gasteiger partial charge in [-0.2, -0.15) is 0 Å². The lowest BCUT2D eigenvalue weighted by atomic mass is 9.94. The second kappa shape index (κ2) is 14.8. The Morgan fingerprint density at radius 3 is 1.80 bits per heavy atom. The molecule has 0 aliphatic rings. The van der Waals surface area contributed by atoms with Crippen LogP contribution < -0.4 is 0 Å². The average Bonchev–Trinajstić information content (AvgIpc) is 2.57. The predicted molar refractivity (Wildman–Crippen MR) is 100.0 cm³/mol. The third-order valence-electron chi connectivity index (χ3n) is 3.87. The van der Waals surface area contributed by atoms with Gasteiger partial charge >= 0.3 is 11.9 Å². The fourth-order valence-corrected chi connectivity index (χ4v) is 2.40. The van der Waals surface area contributed by atoms with Gasteiger partial charge in [-0.05, 0) is 46.7 Å². The van der Waals surface area contributed by atoms with Gasteiger partial charge in [-0.15, -0.1) is 0 Å². The fraction of sp³-hybridized carbons (Fsp3) is 0.800. The molecule has 0 aliphatic heterocycles. The lowest BCUT2D eigenvalue weighted by Crippen LogP contribution is -2.33. The zero-order valence-electron chi connectivity index (χ0n) is 16.6. The van der Waals surface area contributed by atoms with Crippen molar-refractivity contribution in [3.05, 3.63) is 0 Å². The van der Waals surface area contributed by atoms with Crippen LogP contribution in [0.25, 0.3) is 0 Å². The molecular weight excluding hydrogens is 318 g/mol. The number of hydrogen-bond donors (Lipinski definition) is 0. The molecule has 0 aromatic rings. The van der Waals surface area contributed by atoms with Gasteiger partial charge in [0.2, 0.25) is 0 Å². The highest BCUT2D eigenvalue weighted by Crippen LogP contribution is 2.15. The minimum absolute atomic E-state index is 0.233. The summed E-state index contributed by atoms with van der Waals surface area (Å²) >= 11 is 0. The molecular formula is C20H35NO4. The molecule has 0 unspecified atom stereocenters. The van der Waals surface area contributed by atoms with Crippen LogP contribution in [-0.2, 0) is 19.1 Å². The Labute approximate surface area is 153 Å². The molecule has 0 rings (SSSR count). The maximum atomic E-state index is 12.1. The Morgan fingerprint density at radius 1 is 0.920 bits per heavy atom. The van der Waals surface area contributed by atoms with Gasteiger partial charge in [0.05, 0.1) is 19.8 Å². The van der Waals surface area contributed by atoms with Crippen LogP contribution >= 0.6 is 0 Å². The molecule has 1 atom stereocenters. The van der Waals surface area contributed by atoms with E-state index in [1.807, 2.05) is 0 Å². The largest absolute Gasteiger partial charge is 0.465 e. The number of esters is 2. The van der Waals surface area contributed by atoms with Crippen molar-refractivity contribution in [2.75, 3.05) is 32.8 Å². The van der Waals surface area contributed by atoms with E-state index >= 15 is 0 Å². The number of carbonyl (C=O) groups excluding carboxylic acids is 2.